The zero-order valence-electron chi connectivity index (χ0n) is 15.3. The van der Waals surface area contributed by atoms with Gasteiger partial charge in [-0.05, 0) is 54.3 Å². The summed E-state index contributed by atoms with van der Waals surface area (Å²) in [5.74, 6) is 0.791. The van der Waals surface area contributed by atoms with Crippen LogP contribution in [0.3, 0.4) is 0 Å². The number of ketones is 1. The Kier molecular flexibility index (Phi) is 5.33. The number of aryl methyl sites for hydroxylation is 2. The first-order chi connectivity index (χ1) is 12.6. The number of hydrogen-bond acceptors (Lipinski definition) is 2. The summed E-state index contributed by atoms with van der Waals surface area (Å²) in [6, 6.07) is 23.5. The first kappa shape index (κ1) is 17.7. The van der Waals surface area contributed by atoms with Gasteiger partial charge < -0.3 is 4.74 Å². The number of allylic oxidation sites excluding steroid dienone is 1. The summed E-state index contributed by atoms with van der Waals surface area (Å²) in [6.07, 6.45) is 1.73. The van der Waals surface area contributed by atoms with Crippen LogP contribution in [0.25, 0.3) is 5.57 Å². The Morgan fingerprint density at radius 3 is 2.15 bits per heavy atom. The maximum absolute atomic E-state index is 12.8. The van der Waals surface area contributed by atoms with E-state index in [4.69, 9.17) is 4.74 Å². The predicted octanol–water partition coefficient (Wildman–Crippen LogP) is 5.63. The summed E-state index contributed by atoms with van der Waals surface area (Å²) < 4.78 is 5.26. The topological polar surface area (TPSA) is 26.3 Å². The number of benzene rings is 3. The minimum atomic E-state index is -0.00334. The number of rotatable bonds is 5. The first-order valence-electron chi connectivity index (χ1n) is 8.61. The van der Waals surface area contributed by atoms with Crippen LogP contribution >= 0.6 is 0 Å². The summed E-state index contributed by atoms with van der Waals surface area (Å²) in [5, 5.41) is 0. The van der Waals surface area contributed by atoms with E-state index in [9.17, 15) is 4.79 Å². The predicted molar refractivity (Wildman–Crippen MR) is 107 cm³/mol. The van der Waals surface area contributed by atoms with Crippen LogP contribution in [0.15, 0.2) is 78.9 Å². The molecule has 0 atom stereocenters. The van der Waals surface area contributed by atoms with E-state index in [1.807, 2.05) is 54.6 Å². The van der Waals surface area contributed by atoms with Gasteiger partial charge in [0.2, 0.25) is 0 Å². The van der Waals surface area contributed by atoms with Gasteiger partial charge in [-0.1, -0.05) is 66.2 Å². The van der Waals surface area contributed by atoms with Crippen molar-refractivity contribution in [1.82, 2.24) is 0 Å². The third-order valence-corrected chi connectivity index (χ3v) is 4.41. The fourth-order valence-corrected chi connectivity index (χ4v) is 3.02. The molecule has 0 fully saturated rings. The van der Waals surface area contributed by atoms with Gasteiger partial charge in [0.25, 0.3) is 0 Å². The van der Waals surface area contributed by atoms with E-state index in [1.165, 1.54) is 5.56 Å². The Morgan fingerprint density at radius 1 is 0.846 bits per heavy atom. The second-order valence-corrected chi connectivity index (χ2v) is 6.34. The molecule has 130 valence electrons. The van der Waals surface area contributed by atoms with E-state index < -0.39 is 0 Å². The SMILES string of the molecule is COc1ccc(/C(=C/C(=O)c2ccccc2)c2ccc(C)cc2C)cc1. The summed E-state index contributed by atoms with van der Waals surface area (Å²) >= 11 is 0. The minimum Gasteiger partial charge on any atom is -0.497 e. The maximum atomic E-state index is 12.8. The summed E-state index contributed by atoms with van der Waals surface area (Å²) in [5.41, 5.74) is 6.00. The molecule has 0 saturated carbocycles. The van der Waals surface area contributed by atoms with Crippen LogP contribution < -0.4 is 4.74 Å². The van der Waals surface area contributed by atoms with Crippen LogP contribution in [-0.4, -0.2) is 12.9 Å². The summed E-state index contributed by atoms with van der Waals surface area (Å²) in [6.45, 7) is 4.15. The Bertz CT molecular complexity index is 936. The molecular weight excluding hydrogens is 320 g/mol. The van der Waals surface area contributed by atoms with Gasteiger partial charge in [-0.3, -0.25) is 4.79 Å². The fourth-order valence-electron chi connectivity index (χ4n) is 3.02. The van der Waals surface area contributed by atoms with Crippen LogP contribution in [0.1, 0.15) is 32.6 Å². The van der Waals surface area contributed by atoms with E-state index >= 15 is 0 Å². The number of hydrogen-bond donors (Lipinski definition) is 0. The molecule has 0 unspecified atom stereocenters. The van der Waals surface area contributed by atoms with Crippen LogP contribution in [0.2, 0.25) is 0 Å². The molecule has 2 heteroatoms. The van der Waals surface area contributed by atoms with Gasteiger partial charge in [0, 0.05) is 5.56 Å². The van der Waals surface area contributed by atoms with Gasteiger partial charge >= 0.3 is 0 Å². The highest BCUT2D eigenvalue weighted by molar-refractivity contribution is 6.10. The standard InChI is InChI=1S/C24H22O2/c1-17-9-14-22(18(2)15-17)23(19-10-12-21(26-3)13-11-19)16-24(25)20-7-5-4-6-8-20/h4-16H,1-3H3/b23-16-. The van der Waals surface area contributed by atoms with Gasteiger partial charge in [0.05, 0.1) is 7.11 Å². The summed E-state index contributed by atoms with van der Waals surface area (Å²) in [7, 11) is 1.65. The van der Waals surface area contributed by atoms with Crippen molar-refractivity contribution in [2.24, 2.45) is 0 Å². The van der Waals surface area contributed by atoms with E-state index in [2.05, 4.69) is 32.0 Å². The minimum absolute atomic E-state index is 0.00334. The Hall–Kier alpha value is -3.13. The molecule has 3 rings (SSSR count). The number of methoxy groups -OCH3 is 1. The molecule has 0 radical (unpaired) electrons. The molecule has 0 aliphatic heterocycles. The Balaban J connectivity index is 2.11. The van der Waals surface area contributed by atoms with Crippen molar-refractivity contribution in [3.63, 3.8) is 0 Å². The van der Waals surface area contributed by atoms with Crippen molar-refractivity contribution in [3.05, 3.63) is 107 Å². The normalized spacial score (nSPS) is 11.3. The highest BCUT2D eigenvalue weighted by Gasteiger charge is 2.12. The third kappa shape index (κ3) is 3.92. The number of ether oxygens (including phenoxy) is 1. The molecule has 0 heterocycles. The van der Waals surface area contributed by atoms with Crippen molar-refractivity contribution >= 4 is 11.4 Å². The number of carbonyl (C=O) groups excluding carboxylic acids is 1. The van der Waals surface area contributed by atoms with Crippen LogP contribution in [0.4, 0.5) is 0 Å². The average molecular weight is 342 g/mol. The molecule has 0 saturated heterocycles. The quantitative estimate of drug-likeness (QED) is 0.444. The van der Waals surface area contributed by atoms with Gasteiger partial charge in [-0.2, -0.15) is 0 Å². The van der Waals surface area contributed by atoms with Gasteiger partial charge in [0.15, 0.2) is 5.78 Å². The van der Waals surface area contributed by atoms with Crippen LogP contribution in [0, 0.1) is 13.8 Å². The molecule has 26 heavy (non-hydrogen) atoms. The monoisotopic (exact) mass is 342 g/mol. The molecule has 2 nitrogen and oxygen atoms in total. The second-order valence-electron chi connectivity index (χ2n) is 6.34. The van der Waals surface area contributed by atoms with Crippen molar-refractivity contribution < 1.29 is 9.53 Å². The fraction of sp³-hybridized carbons (Fsp3) is 0.125. The Morgan fingerprint density at radius 2 is 1.54 bits per heavy atom. The molecule has 0 aliphatic carbocycles. The summed E-state index contributed by atoms with van der Waals surface area (Å²) in [4.78, 5) is 12.8. The van der Waals surface area contributed by atoms with Gasteiger partial charge in [-0.25, -0.2) is 0 Å². The average Bonchev–Trinajstić information content (AvgIpc) is 2.67. The molecule has 3 aromatic rings. The lowest BCUT2D eigenvalue weighted by Gasteiger charge is -2.13. The van der Waals surface area contributed by atoms with Crippen LogP contribution in [0.5, 0.6) is 5.75 Å². The smallest absolute Gasteiger partial charge is 0.186 e. The van der Waals surface area contributed by atoms with Crippen LogP contribution in [-0.2, 0) is 0 Å². The van der Waals surface area contributed by atoms with Crippen molar-refractivity contribution in [2.45, 2.75) is 13.8 Å². The van der Waals surface area contributed by atoms with Gasteiger partial charge in [0.1, 0.15) is 5.75 Å². The lowest BCUT2D eigenvalue weighted by atomic mass is 9.91. The van der Waals surface area contributed by atoms with Crippen molar-refractivity contribution in [3.8, 4) is 5.75 Å². The Labute approximate surface area is 154 Å². The molecular formula is C24H22O2. The lowest BCUT2D eigenvalue weighted by Crippen LogP contribution is -1.99. The molecule has 3 aromatic carbocycles. The van der Waals surface area contributed by atoms with Crippen molar-refractivity contribution in [2.75, 3.05) is 7.11 Å². The number of carbonyl (C=O) groups is 1. The van der Waals surface area contributed by atoms with E-state index in [0.717, 1.165) is 28.0 Å². The maximum Gasteiger partial charge on any atom is 0.186 e. The molecule has 0 N–H and O–H groups in total. The molecule has 0 spiro atoms. The first-order valence-corrected chi connectivity index (χ1v) is 8.61. The van der Waals surface area contributed by atoms with E-state index in [-0.39, 0.29) is 5.78 Å². The van der Waals surface area contributed by atoms with Gasteiger partial charge in [-0.15, -0.1) is 0 Å². The lowest BCUT2D eigenvalue weighted by molar-refractivity contribution is 0.104. The van der Waals surface area contributed by atoms with Crippen molar-refractivity contribution in [1.29, 1.82) is 0 Å². The third-order valence-electron chi connectivity index (χ3n) is 4.41. The molecule has 0 aromatic heterocycles. The molecule has 0 bridgehead atoms. The second kappa shape index (κ2) is 7.83. The molecule has 0 amide bonds. The zero-order valence-corrected chi connectivity index (χ0v) is 15.3. The largest absolute Gasteiger partial charge is 0.497 e. The highest BCUT2D eigenvalue weighted by Crippen LogP contribution is 2.29. The highest BCUT2D eigenvalue weighted by atomic mass is 16.5. The van der Waals surface area contributed by atoms with E-state index in [1.54, 1.807) is 13.2 Å². The molecule has 0 aliphatic rings. The zero-order chi connectivity index (χ0) is 18.5. The van der Waals surface area contributed by atoms with E-state index in [0.29, 0.717) is 5.56 Å².